The average molecular weight is 224 g/mol. The van der Waals surface area contributed by atoms with E-state index in [2.05, 4.69) is 20.8 Å². The molecule has 0 amide bonds. The summed E-state index contributed by atoms with van der Waals surface area (Å²) in [6.45, 7) is 10.5. The molecule has 0 atom stereocenters. The maximum atomic E-state index is 2.17. The second-order valence-corrected chi connectivity index (χ2v) is 6.61. The van der Waals surface area contributed by atoms with Gasteiger partial charge in [-0.3, -0.25) is 0 Å². The van der Waals surface area contributed by atoms with Crippen molar-refractivity contribution in [3.05, 3.63) is 0 Å². The molecule has 0 aromatic rings. The van der Waals surface area contributed by atoms with E-state index in [1.165, 1.54) is 23.7 Å². The number of hydrogen-bond donors (Lipinski definition) is 0. The van der Waals surface area contributed by atoms with Crippen molar-refractivity contribution < 1.29 is 0 Å². The van der Waals surface area contributed by atoms with Gasteiger partial charge in [-0.2, -0.15) is 0 Å². The fourth-order valence-electron chi connectivity index (χ4n) is 3.98. The van der Waals surface area contributed by atoms with Gasteiger partial charge in [0, 0.05) is 0 Å². The summed E-state index contributed by atoms with van der Waals surface area (Å²) in [5.41, 5.74) is 0. The van der Waals surface area contributed by atoms with E-state index in [0.29, 0.717) is 0 Å². The topological polar surface area (TPSA) is 0 Å². The molecule has 4 rings (SSSR count). The van der Waals surface area contributed by atoms with Crippen LogP contribution in [-0.4, -0.2) is 0 Å². The molecule has 0 saturated heterocycles. The molecular formula is C16H32. The lowest BCUT2D eigenvalue weighted by molar-refractivity contribution is 0.0198. The van der Waals surface area contributed by atoms with Crippen molar-refractivity contribution in [3.8, 4) is 0 Å². The van der Waals surface area contributed by atoms with Crippen LogP contribution in [0.15, 0.2) is 0 Å². The quantitative estimate of drug-likeness (QED) is 0.508. The van der Waals surface area contributed by atoms with Gasteiger partial charge in [-0.05, 0) is 68.1 Å². The lowest BCUT2D eigenvalue weighted by Gasteiger charge is -2.49. The van der Waals surface area contributed by atoms with Crippen molar-refractivity contribution in [2.45, 2.75) is 73.1 Å². The largest absolute Gasteiger partial charge is 0.0683 e. The lowest BCUT2D eigenvalue weighted by atomic mass is 9.56. The molecule has 0 heterocycles. The van der Waals surface area contributed by atoms with Gasteiger partial charge in [0.15, 0.2) is 0 Å². The molecule has 0 unspecified atom stereocenters. The molecule has 4 aliphatic rings. The Kier molecular flexibility index (Phi) is 5.86. The van der Waals surface area contributed by atoms with Gasteiger partial charge in [0.2, 0.25) is 0 Å². The highest BCUT2D eigenvalue weighted by Gasteiger charge is 2.41. The Morgan fingerprint density at radius 2 is 0.688 bits per heavy atom. The predicted octanol–water partition coefficient (Wildman–Crippen LogP) is 5.52. The summed E-state index contributed by atoms with van der Waals surface area (Å²) in [6, 6.07) is 0. The first-order valence-corrected chi connectivity index (χ1v) is 7.63. The monoisotopic (exact) mass is 224 g/mol. The SMILES string of the molecule is C1C2CC3CC1CC(C2)C3.CC.CC(C)C. The summed E-state index contributed by atoms with van der Waals surface area (Å²) in [4.78, 5) is 0. The maximum absolute atomic E-state index is 2.17. The van der Waals surface area contributed by atoms with Crippen LogP contribution in [0.2, 0.25) is 0 Å². The van der Waals surface area contributed by atoms with Crippen molar-refractivity contribution in [3.63, 3.8) is 0 Å². The van der Waals surface area contributed by atoms with Crippen LogP contribution >= 0.6 is 0 Å². The molecule has 4 fully saturated rings. The van der Waals surface area contributed by atoms with Crippen LogP contribution in [0, 0.1) is 29.6 Å². The third-order valence-corrected chi connectivity index (χ3v) is 4.00. The zero-order valence-corrected chi connectivity index (χ0v) is 12.1. The van der Waals surface area contributed by atoms with Gasteiger partial charge in [0.05, 0.1) is 0 Å². The van der Waals surface area contributed by atoms with E-state index in [-0.39, 0.29) is 0 Å². The molecule has 0 N–H and O–H groups in total. The molecule has 16 heavy (non-hydrogen) atoms. The van der Waals surface area contributed by atoms with Crippen LogP contribution in [0.25, 0.3) is 0 Å². The predicted molar refractivity (Wildman–Crippen MR) is 73.5 cm³/mol. The van der Waals surface area contributed by atoms with Gasteiger partial charge in [-0.1, -0.05) is 34.6 Å². The molecule has 0 spiro atoms. The molecule has 0 radical (unpaired) electrons. The summed E-state index contributed by atoms with van der Waals surface area (Å²) in [6.07, 6.45) is 9.62. The van der Waals surface area contributed by atoms with Gasteiger partial charge < -0.3 is 0 Å². The van der Waals surface area contributed by atoms with Gasteiger partial charge in [-0.15, -0.1) is 0 Å². The molecule has 4 saturated carbocycles. The molecule has 96 valence electrons. The molecule has 0 aromatic carbocycles. The zero-order chi connectivity index (χ0) is 12.1. The standard InChI is InChI=1S/C10H16.C4H10.C2H6/c1-7-2-9-4-8(1)5-10(3-7)6-9;1-4(2)3;1-2/h7-10H,1-6H2;4H,1-3H3;1-2H3. The van der Waals surface area contributed by atoms with Crippen LogP contribution in [0.4, 0.5) is 0 Å². The first-order chi connectivity index (χ1) is 7.63. The minimum Gasteiger partial charge on any atom is -0.0683 e. The molecule has 4 aliphatic carbocycles. The van der Waals surface area contributed by atoms with Crippen molar-refractivity contribution in [1.29, 1.82) is 0 Å². The maximum Gasteiger partial charge on any atom is -0.0406 e. The zero-order valence-electron chi connectivity index (χ0n) is 12.1. The van der Waals surface area contributed by atoms with Gasteiger partial charge in [0.25, 0.3) is 0 Å². The van der Waals surface area contributed by atoms with E-state index >= 15 is 0 Å². The van der Waals surface area contributed by atoms with Crippen LogP contribution in [0.5, 0.6) is 0 Å². The summed E-state index contributed by atoms with van der Waals surface area (Å²) in [5.74, 6) is 5.54. The Morgan fingerprint density at radius 3 is 0.812 bits per heavy atom. The van der Waals surface area contributed by atoms with E-state index < -0.39 is 0 Å². The molecule has 0 nitrogen and oxygen atoms in total. The third kappa shape index (κ3) is 4.11. The summed E-state index contributed by atoms with van der Waals surface area (Å²) in [7, 11) is 0. The van der Waals surface area contributed by atoms with Gasteiger partial charge in [0.1, 0.15) is 0 Å². The fraction of sp³-hybridized carbons (Fsp3) is 1.00. The van der Waals surface area contributed by atoms with Crippen LogP contribution in [0.1, 0.15) is 73.1 Å². The Balaban J connectivity index is 0.000000186. The Morgan fingerprint density at radius 1 is 0.562 bits per heavy atom. The Labute approximate surface area is 103 Å². The van der Waals surface area contributed by atoms with Crippen molar-refractivity contribution in [1.82, 2.24) is 0 Å². The molecular weight excluding hydrogens is 192 g/mol. The average Bonchev–Trinajstić information content (AvgIpc) is 2.17. The van der Waals surface area contributed by atoms with E-state index in [1.54, 1.807) is 38.5 Å². The van der Waals surface area contributed by atoms with Crippen molar-refractivity contribution >= 4 is 0 Å². The summed E-state index contributed by atoms with van der Waals surface area (Å²) < 4.78 is 0. The normalized spacial score (nSPS) is 38.6. The second-order valence-electron chi connectivity index (χ2n) is 6.61. The highest BCUT2D eigenvalue weighted by atomic mass is 14.5. The molecule has 0 aromatic heterocycles. The van der Waals surface area contributed by atoms with E-state index in [1.807, 2.05) is 13.8 Å². The smallest absolute Gasteiger partial charge is 0.0406 e. The van der Waals surface area contributed by atoms with E-state index in [9.17, 15) is 0 Å². The summed E-state index contributed by atoms with van der Waals surface area (Å²) >= 11 is 0. The first-order valence-electron chi connectivity index (χ1n) is 7.63. The minimum absolute atomic E-state index is 0.833. The molecule has 0 aliphatic heterocycles. The number of hydrogen-bond acceptors (Lipinski definition) is 0. The van der Waals surface area contributed by atoms with E-state index in [4.69, 9.17) is 0 Å². The number of rotatable bonds is 0. The van der Waals surface area contributed by atoms with Gasteiger partial charge >= 0.3 is 0 Å². The van der Waals surface area contributed by atoms with E-state index in [0.717, 1.165) is 5.92 Å². The summed E-state index contributed by atoms with van der Waals surface area (Å²) in [5, 5.41) is 0. The second kappa shape index (κ2) is 6.67. The Bertz CT molecular complexity index is 121. The third-order valence-electron chi connectivity index (χ3n) is 4.00. The van der Waals surface area contributed by atoms with Crippen molar-refractivity contribution in [2.75, 3.05) is 0 Å². The fourth-order valence-corrected chi connectivity index (χ4v) is 3.98. The van der Waals surface area contributed by atoms with Crippen molar-refractivity contribution in [2.24, 2.45) is 29.6 Å². The highest BCUT2D eigenvalue weighted by Crippen LogP contribution is 2.53. The minimum atomic E-state index is 0.833. The van der Waals surface area contributed by atoms with Gasteiger partial charge in [-0.25, -0.2) is 0 Å². The van der Waals surface area contributed by atoms with Crippen LogP contribution < -0.4 is 0 Å². The van der Waals surface area contributed by atoms with Crippen LogP contribution in [-0.2, 0) is 0 Å². The lowest BCUT2D eigenvalue weighted by Crippen LogP contribution is -2.38. The highest BCUT2D eigenvalue weighted by molar-refractivity contribution is 4.92. The Hall–Kier alpha value is 0. The van der Waals surface area contributed by atoms with Crippen LogP contribution in [0.3, 0.4) is 0 Å². The first kappa shape index (κ1) is 14.1. The molecule has 4 bridgehead atoms. The molecule has 0 heteroatoms.